The minimum absolute atomic E-state index is 0.00917. The first-order chi connectivity index (χ1) is 17.0. The van der Waals surface area contributed by atoms with Crippen LogP contribution in [0.25, 0.3) is 0 Å². The largest absolute Gasteiger partial charge is 0.493 e. The Bertz CT molecular complexity index is 1190. The van der Waals surface area contributed by atoms with Crippen LogP contribution >= 0.6 is 0 Å². The summed E-state index contributed by atoms with van der Waals surface area (Å²) < 4.78 is 22.3. The first kappa shape index (κ1) is 23.2. The van der Waals surface area contributed by atoms with Crippen molar-refractivity contribution in [3.8, 4) is 17.2 Å². The van der Waals surface area contributed by atoms with Crippen molar-refractivity contribution >= 4 is 5.91 Å². The van der Waals surface area contributed by atoms with E-state index in [-0.39, 0.29) is 5.91 Å². The molecule has 8 nitrogen and oxygen atoms in total. The maximum Gasteiger partial charge on any atom is 0.254 e. The Morgan fingerprint density at radius 3 is 2.63 bits per heavy atom. The molecule has 0 bridgehead atoms. The summed E-state index contributed by atoms with van der Waals surface area (Å²) in [6, 6.07) is 11.8. The Balaban J connectivity index is 1.18. The molecule has 3 aromatic rings. The number of amides is 1. The molecule has 8 heteroatoms. The van der Waals surface area contributed by atoms with Crippen molar-refractivity contribution in [1.82, 2.24) is 15.0 Å². The van der Waals surface area contributed by atoms with Crippen LogP contribution in [-0.4, -0.2) is 60.8 Å². The first-order valence-electron chi connectivity index (χ1n) is 12.0. The van der Waals surface area contributed by atoms with Crippen molar-refractivity contribution in [2.75, 3.05) is 39.9 Å². The van der Waals surface area contributed by atoms with E-state index in [0.29, 0.717) is 36.8 Å². The highest BCUT2D eigenvalue weighted by atomic mass is 16.5. The molecular formula is C27H31N3O5. The number of fused-ring (bicyclic) bond motifs is 1. The molecule has 2 aromatic carbocycles. The fourth-order valence-corrected chi connectivity index (χ4v) is 4.67. The van der Waals surface area contributed by atoms with Crippen molar-refractivity contribution < 1.29 is 23.5 Å². The molecule has 0 N–H and O–H groups in total. The Hall–Kier alpha value is -3.52. The summed E-state index contributed by atoms with van der Waals surface area (Å²) in [5, 5.41) is 3.96. The summed E-state index contributed by atoms with van der Waals surface area (Å²) in [6.07, 6.45) is 0.985. The lowest BCUT2D eigenvalue weighted by molar-refractivity contribution is 0.0628. The van der Waals surface area contributed by atoms with E-state index in [4.69, 9.17) is 18.7 Å². The van der Waals surface area contributed by atoms with Gasteiger partial charge in [-0.25, -0.2) is 0 Å². The SMILES string of the molecule is COc1cc(C(=O)N2CCN(Cc3ccc4c(c3)CCO4)CC2)ccc1OCc1c(C)noc1C. The molecule has 1 aromatic heterocycles. The molecule has 0 spiro atoms. The Labute approximate surface area is 205 Å². The molecule has 0 atom stereocenters. The predicted octanol–water partition coefficient (Wildman–Crippen LogP) is 3.77. The van der Waals surface area contributed by atoms with Crippen LogP contribution in [0.5, 0.6) is 17.2 Å². The second-order valence-corrected chi connectivity index (χ2v) is 9.07. The van der Waals surface area contributed by atoms with E-state index >= 15 is 0 Å². The van der Waals surface area contributed by atoms with E-state index in [0.717, 1.165) is 55.4 Å². The van der Waals surface area contributed by atoms with Crippen LogP contribution in [-0.2, 0) is 19.6 Å². The number of aromatic nitrogens is 1. The monoisotopic (exact) mass is 477 g/mol. The van der Waals surface area contributed by atoms with E-state index < -0.39 is 0 Å². The minimum atomic E-state index is 0.00917. The highest BCUT2D eigenvalue weighted by Gasteiger charge is 2.24. The quantitative estimate of drug-likeness (QED) is 0.513. The second kappa shape index (κ2) is 10.00. The number of carbonyl (C=O) groups is 1. The van der Waals surface area contributed by atoms with E-state index in [2.05, 4.69) is 28.3 Å². The summed E-state index contributed by atoms with van der Waals surface area (Å²) in [7, 11) is 1.58. The Morgan fingerprint density at radius 1 is 1.06 bits per heavy atom. The Kier molecular flexibility index (Phi) is 6.63. The van der Waals surface area contributed by atoms with Gasteiger partial charge in [-0.3, -0.25) is 9.69 Å². The highest BCUT2D eigenvalue weighted by Crippen LogP contribution is 2.30. The zero-order valence-electron chi connectivity index (χ0n) is 20.5. The zero-order valence-corrected chi connectivity index (χ0v) is 20.5. The molecule has 5 rings (SSSR count). The zero-order chi connectivity index (χ0) is 24.4. The summed E-state index contributed by atoms with van der Waals surface area (Å²) in [6.45, 7) is 8.80. The topological polar surface area (TPSA) is 77.3 Å². The molecule has 0 unspecified atom stereocenters. The van der Waals surface area contributed by atoms with Crippen LogP contribution in [0.1, 0.15) is 38.5 Å². The van der Waals surface area contributed by atoms with Gasteiger partial charge in [-0.15, -0.1) is 0 Å². The standard InChI is InChI=1S/C27H31N3O5/c1-18-23(19(2)35-28-18)17-34-25-7-5-22(15-26(25)32-3)27(31)30-11-9-29(10-12-30)16-20-4-6-24-21(14-20)8-13-33-24/h4-7,14-15H,8-13,16-17H2,1-3H3. The molecule has 0 saturated carbocycles. The number of hydrogen-bond donors (Lipinski definition) is 0. The molecule has 0 radical (unpaired) electrons. The van der Waals surface area contributed by atoms with Crippen molar-refractivity contribution in [3.05, 3.63) is 70.1 Å². The lowest BCUT2D eigenvalue weighted by Crippen LogP contribution is -2.48. The number of carbonyl (C=O) groups excluding carboxylic acids is 1. The molecule has 0 aliphatic carbocycles. The molecule has 1 fully saturated rings. The van der Waals surface area contributed by atoms with Gasteiger partial charge in [0.05, 0.1) is 25.0 Å². The third kappa shape index (κ3) is 4.98. The third-order valence-corrected chi connectivity index (χ3v) is 6.78. The molecule has 2 aliphatic heterocycles. The van der Waals surface area contributed by atoms with Crippen LogP contribution in [0.2, 0.25) is 0 Å². The minimum Gasteiger partial charge on any atom is -0.493 e. The van der Waals surface area contributed by atoms with Gasteiger partial charge in [0.25, 0.3) is 5.91 Å². The summed E-state index contributed by atoms with van der Waals surface area (Å²) >= 11 is 0. The van der Waals surface area contributed by atoms with Gasteiger partial charge in [-0.1, -0.05) is 17.3 Å². The lowest BCUT2D eigenvalue weighted by atomic mass is 10.1. The molecule has 35 heavy (non-hydrogen) atoms. The number of hydrogen-bond acceptors (Lipinski definition) is 7. The van der Waals surface area contributed by atoms with Gasteiger partial charge in [-0.05, 0) is 49.2 Å². The van der Waals surface area contributed by atoms with Crippen molar-refractivity contribution in [2.45, 2.75) is 33.4 Å². The van der Waals surface area contributed by atoms with E-state index in [1.165, 1.54) is 11.1 Å². The summed E-state index contributed by atoms with van der Waals surface area (Å²) in [5.74, 6) is 2.86. The van der Waals surface area contributed by atoms with Gasteiger partial charge < -0.3 is 23.6 Å². The number of aryl methyl sites for hydroxylation is 2. The molecule has 2 aliphatic rings. The maximum atomic E-state index is 13.2. The predicted molar refractivity (Wildman–Crippen MR) is 130 cm³/mol. The van der Waals surface area contributed by atoms with Crippen LogP contribution in [0.15, 0.2) is 40.9 Å². The highest BCUT2D eigenvalue weighted by molar-refractivity contribution is 5.95. The molecule has 3 heterocycles. The number of nitrogens with zero attached hydrogens (tertiary/aromatic N) is 3. The first-order valence-corrected chi connectivity index (χ1v) is 12.0. The number of ether oxygens (including phenoxy) is 3. The van der Waals surface area contributed by atoms with E-state index in [1.807, 2.05) is 18.7 Å². The maximum absolute atomic E-state index is 13.2. The van der Waals surface area contributed by atoms with Gasteiger partial charge in [0, 0.05) is 44.7 Å². The van der Waals surface area contributed by atoms with Crippen molar-refractivity contribution in [3.63, 3.8) is 0 Å². The summed E-state index contributed by atoms with van der Waals surface area (Å²) in [4.78, 5) is 17.5. The van der Waals surface area contributed by atoms with Gasteiger partial charge in [-0.2, -0.15) is 0 Å². The van der Waals surface area contributed by atoms with Gasteiger partial charge in [0.15, 0.2) is 11.5 Å². The van der Waals surface area contributed by atoms with Crippen LogP contribution in [0, 0.1) is 13.8 Å². The average Bonchev–Trinajstić information content (AvgIpc) is 3.48. The summed E-state index contributed by atoms with van der Waals surface area (Å²) in [5.41, 5.74) is 4.91. The van der Waals surface area contributed by atoms with Gasteiger partial charge in [0.2, 0.25) is 0 Å². The molecule has 1 saturated heterocycles. The van der Waals surface area contributed by atoms with Gasteiger partial charge >= 0.3 is 0 Å². The number of rotatable bonds is 7. The molecule has 184 valence electrons. The number of piperazine rings is 1. The van der Waals surface area contributed by atoms with Crippen LogP contribution < -0.4 is 14.2 Å². The number of benzene rings is 2. The second-order valence-electron chi connectivity index (χ2n) is 9.07. The van der Waals surface area contributed by atoms with Crippen molar-refractivity contribution in [1.29, 1.82) is 0 Å². The van der Waals surface area contributed by atoms with Crippen LogP contribution in [0.3, 0.4) is 0 Å². The van der Waals surface area contributed by atoms with Crippen LogP contribution in [0.4, 0.5) is 0 Å². The van der Waals surface area contributed by atoms with Crippen molar-refractivity contribution in [2.24, 2.45) is 0 Å². The van der Waals surface area contributed by atoms with Gasteiger partial charge in [0.1, 0.15) is 18.1 Å². The normalized spacial score (nSPS) is 15.6. The number of methoxy groups -OCH3 is 1. The average molecular weight is 478 g/mol. The smallest absolute Gasteiger partial charge is 0.254 e. The fraction of sp³-hybridized carbons (Fsp3) is 0.407. The lowest BCUT2D eigenvalue weighted by Gasteiger charge is -2.35. The molecular weight excluding hydrogens is 446 g/mol. The fourth-order valence-electron chi connectivity index (χ4n) is 4.67. The Morgan fingerprint density at radius 2 is 1.89 bits per heavy atom. The molecule has 1 amide bonds. The third-order valence-electron chi connectivity index (χ3n) is 6.78. The van der Waals surface area contributed by atoms with E-state index in [9.17, 15) is 4.79 Å². The van der Waals surface area contributed by atoms with E-state index in [1.54, 1.807) is 25.3 Å².